The van der Waals surface area contributed by atoms with Crippen LogP contribution in [0.25, 0.3) is 0 Å². The van der Waals surface area contributed by atoms with E-state index in [1.165, 1.54) is 43.5 Å². The summed E-state index contributed by atoms with van der Waals surface area (Å²) in [6, 6.07) is 2.64. The van der Waals surface area contributed by atoms with Gasteiger partial charge < -0.3 is 0 Å². The number of allylic oxidation sites excluding steroid dienone is 1. The average molecular weight is 313 g/mol. The first-order valence-electron chi connectivity index (χ1n) is 8.61. The molecule has 3 rings (SSSR count). The molecule has 3 heterocycles. The lowest BCUT2D eigenvalue weighted by Crippen LogP contribution is -2.39. The molecule has 1 saturated heterocycles. The van der Waals surface area contributed by atoms with Gasteiger partial charge in [0.05, 0.1) is 12.7 Å². The van der Waals surface area contributed by atoms with Crippen molar-refractivity contribution in [3.05, 3.63) is 48.6 Å². The normalized spacial score (nSPS) is 19.1. The number of hydrogen-bond acceptors (Lipinski definition) is 3. The molecule has 0 saturated carbocycles. The first-order valence-corrected chi connectivity index (χ1v) is 8.61. The maximum atomic E-state index is 4.49. The van der Waals surface area contributed by atoms with Crippen LogP contribution >= 0.6 is 0 Å². The third-order valence-corrected chi connectivity index (χ3v) is 4.88. The van der Waals surface area contributed by atoms with E-state index in [2.05, 4.69) is 34.8 Å². The second-order valence-electron chi connectivity index (χ2n) is 6.40. The zero-order chi connectivity index (χ0) is 16.1. The molecule has 1 aliphatic heterocycles. The van der Waals surface area contributed by atoms with E-state index in [4.69, 9.17) is 0 Å². The molecule has 0 bridgehead atoms. The smallest absolute Gasteiger partial charge is 0.0590 e. The fourth-order valence-corrected chi connectivity index (χ4v) is 3.47. The monoisotopic (exact) mass is 313 g/mol. The Kier molecular flexibility index (Phi) is 5.28. The molecule has 2 aromatic heterocycles. The zero-order valence-electron chi connectivity index (χ0n) is 14.1. The number of aromatic nitrogens is 4. The van der Waals surface area contributed by atoms with Crippen molar-refractivity contribution in [3.63, 3.8) is 0 Å². The molecule has 2 aromatic rings. The highest BCUT2D eigenvalue weighted by Crippen LogP contribution is 2.23. The fourth-order valence-electron chi connectivity index (χ4n) is 3.47. The van der Waals surface area contributed by atoms with Crippen LogP contribution in [-0.2, 0) is 19.6 Å². The number of hydrogen-bond donors (Lipinski definition) is 0. The molecule has 0 aliphatic carbocycles. The second kappa shape index (κ2) is 7.59. The zero-order valence-corrected chi connectivity index (χ0v) is 14.1. The molecule has 23 heavy (non-hydrogen) atoms. The summed E-state index contributed by atoms with van der Waals surface area (Å²) in [5.41, 5.74) is 2.61. The van der Waals surface area contributed by atoms with Crippen LogP contribution in [0.2, 0.25) is 0 Å². The van der Waals surface area contributed by atoms with Gasteiger partial charge in [0.15, 0.2) is 0 Å². The van der Waals surface area contributed by atoms with Crippen molar-refractivity contribution in [1.82, 2.24) is 24.5 Å². The van der Waals surface area contributed by atoms with E-state index in [-0.39, 0.29) is 0 Å². The predicted molar refractivity (Wildman–Crippen MR) is 92.1 cm³/mol. The van der Waals surface area contributed by atoms with Crippen LogP contribution < -0.4 is 0 Å². The van der Waals surface area contributed by atoms with E-state index in [9.17, 15) is 0 Å². The summed E-state index contributed by atoms with van der Waals surface area (Å²) in [6.07, 6.45) is 12.9. The number of nitrogens with zero attached hydrogens (tertiary/aromatic N) is 5. The van der Waals surface area contributed by atoms with E-state index in [1.54, 1.807) is 0 Å². The van der Waals surface area contributed by atoms with Crippen LogP contribution in [0.15, 0.2) is 37.3 Å². The molecule has 124 valence electrons. The van der Waals surface area contributed by atoms with Gasteiger partial charge in [-0.1, -0.05) is 12.5 Å². The Labute approximate surface area is 138 Å². The largest absolute Gasteiger partial charge is 0.296 e. The molecule has 5 nitrogen and oxygen atoms in total. The molecular formula is C18H27N5. The fraction of sp³-hybridized carbons (Fsp3) is 0.556. The molecule has 0 aromatic carbocycles. The van der Waals surface area contributed by atoms with Crippen molar-refractivity contribution in [2.24, 2.45) is 0 Å². The highest BCUT2D eigenvalue weighted by molar-refractivity contribution is 5.16. The quantitative estimate of drug-likeness (QED) is 0.738. The molecule has 0 amide bonds. The van der Waals surface area contributed by atoms with E-state index < -0.39 is 0 Å². The number of piperidine rings is 1. The minimum Gasteiger partial charge on any atom is -0.296 e. The van der Waals surface area contributed by atoms with Crippen molar-refractivity contribution in [3.8, 4) is 0 Å². The number of aryl methyl sites for hydroxylation is 1. The van der Waals surface area contributed by atoms with Gasteiger partial charge in [-0.05, 0) is 38.8 Å². The standard InChI is InChI=1S/C18H27N5/c1-3-10-23-16(2)17(14-20-23)15-21-11-5-4-7-18(21)8-13-22-12-6-9-19-22/h3,6,9,12,14,18H,1,4-5,7-8,10-11,13,15H2,2H3/t18-/m1/s1. The lowest BCUT2D eigenvalue weighted by molar-refractivity contribution is 0.127. The Morgan fingerprint density at radius 2 is 2.26 bits per heavy atom. The Balaban J connectivity index is 1.63. The van der Waals surface area contributed by atoms with Crippen molar-refractivity contribution in [1.29, 1.82) is 0 Å². The molecule has 5 heteroatoms. The molecule has 1 atom stereocenters. The van der Waals surface area contributed by atoms with Gasteiger partial charge in [0, 0.05) is 42.8 Å². The van der Waals surface area contributed by atoms with Gasteiger partial charge in [0.1, 0.15) is 0 Å². The Morgan fingerprint density at radius 1 is 1.35 bits per heavy atom. The third kappa shape index (κ3) is 3.91. The molecule has 1 fully saturated rings. The molecular weight excluding hydrogens is 286 g/mol. The summed E-state index contributed by atoms with van der Waals surface area (Å²) >= 11 is 0. The average Bonchev–Trinajstić information content (AvgIpc) is 3.19. The van der Waals surface area contributed by atoms with Gasteiger partial charge in [0.25, 0.3) is 0 Å². The number of likely N-dealkylation sites (tertiary alicyclic amines) is 1. The van der Waals surface area contributed by atoms with E-state index in [0.717, 1.165) is 19.6 Å². The van der Waals surface area contributed by atoms with Gasteiger partial charge in [-0.15, -0.1) is 6.58 Å². The maximum Gasteiger partial charge on any atom is 0.0590 e. The topological polar surface area (TPSA) is 38.9 Å². The Hall–Kier alpha value is -1.88. The van der Waals surface area contributed by atoms with Crippen molar-refractivity contribution in [2.75, 3.05) is 6.54 Å². The summed E-state index contributed by atoms with van der Waals surface area (Å²) in [5.74, 6) is 0. The predicted octanol–water partition coefficient (Wildman–Crippen LogP) is 3.02. The lowest BCUT2D eigenvalue weighted by Gasteiger charge is -2.35. The van der Waals surface area contributed by atoms with Crippen molar-refractivity contribution in [2.45, 2.75) is 58.3 Å². The van der Waals surface area contributed by atoms with Crippen LogP contribution in [-0.4, -0.2) is 37.0 Å². The summed E-state index contributed by atoms with van der Waals surface area (Å²) in [7, 11) is 0. The summed E-state index contributed by atoms with van der Waals surface area (Å²) in [6.45, 7) is 9.95. The van der Waals surface area contributed by atoms with E-state index >= 15 is 0 Å². The maximum absolute atomic E-state index is 4.49. The third-order valence-electron chi connectivity index (χ3n) is 4.88. The van der Waals surface area contributed by atoms with Crippen LogP contribution in [0.4, 0.5) is 0 Å². The van der Waals surface area contributed by atoms with Crippen LogP contribution in [0, 0.1) is 6.92 Å². The van der Waals surface area contributed by atoms with Crippen LogP contribution in [0.1, 0.15) is 36.9 Å². The first-order chi connectivity index (χ1) is 11.3. The summed E-state index contributed by atoms with van der Waals surface area (Å²) in [4.78, 5) is 2.63. The molecule has 0 N–H and O–H groups in total. The molecule has 1 aliphatic rings. The Morgan fingerprint density at radius 3 is 3.04 bits per heavy atom. The van der Waals surface area contributed by atoms with Gasteiger partial charge in [-0.3, -0.25) is 14.3 Å². The van der Waals surface area contributed by atoms with Crippen LogP contribution in [0.3, 0.4) is 0 Å². The van der Waals surface area contributed by atoms with Crippen molar-refractivity contribution < 1.29 is 0 Å². The van der Waals surface area contributed by atoms with Gasteiger partial charge in [-0.25, -0.2) is 0 Å². The minimum atomic E-state index is 0.648. The lowest BCUT2D eigenvalue weighted by atomic mass is 9.98. The SMILES string of the molecule is C=CCn1ncc(CN2CCCC[C@@H]2CCn2cccn2)c1C. The minimum absolute atomic E-state index is 0.648. The second-order valence-corrected chi connectivity index (χ2v) is 6.40. The summed E-state index contributed by atoms with van der Waals surface area (Å²) in [5, 5.41) is 8.81. The molecule has 0 spiro atoms. The van der Waals surface area contributed by atoms with Crippen LogP contribution in [0.5, 0.6) is 0 Å². The summed E-state index contributed by atoms with van der Waals surface area (Å²) < 4.78 is 4.07. The van der Waals surface area contributed by atoms with E-state index in [0.29, 0.717) is 6.04 Å². The van der Waals surface area contributed by atoms with Gasteiger partial charge in [-0.2, -0.15) is 10.2 Å². The highest BCUT2D eigenvalue weighted by atomic mass is 15.3. The van der Waals surface area contributed by atoms with Gasteiger partial charge in [0.2, 0.25) is 0 Å². The molecule has 0 radical (unpaired) electrons. The van der Waals surface area contributed by atoms with Crippen molar-refractivity contribution >= 4 is 0 Å². The highest BCUT2D eigenvalue weighted by Gasteiger charge is 2.23. The van der Waals surface area contributed by atoms with Gasteiger partial charge >= 0.3 is 0 Å². The number of rotatable bonds is 7. The molecule has 0 unspecified atom stereocenters. The first kappa shape index (κ1) is 16.0. The van der Waals surface area contributed by atoms with E-state index in [1.807, 2.05) is 33.9 Å². The Bertz CT molecular complexity index is 613.